The van der Waals surface area contributed by atoms with Crippen molar-refractivity contribution in [3.05, 3.63) is 47.3 Å². The van der Waals surface area contributed by atoms with Crippen LogP contribution in [-0.4, -0.2) is 88.2 Å². The Labute approximate surface area is 211 Å². The lowest BCUT2D eigenvalue weighted by Gasteiger charge is -2.45. The minimum absolute atomic E-state index is 0.109. The number of carboxylic acid groups (broad SMARTS) is 1. The van der Waals surface area contributed by atoms with Crippen LogP contribution in [0.15, 0.2) is 30.5 Å². The second-order valence-corrected chi connectivity index (χ2v) is 11.1. The van der Waals surface area contributed by atoms with E-state index in [0.29, 0.717) is 24.9 Å². The van der Waals surface area contributed by atoms with Crippen molar-refractivity contribution in [3.63, 3.8) is 0 Å². The molecule has 6 rings (SSSR count). The van der Waals surface area contributed by atoms with Crippen LogP contribution in [0.1, 0.15) is 47.3 Å². The SMILES string of the molecule is Cc1ccc(CN2CCCC23CCN(C(=O)n2ccc(C(=O)O)n2)CC3)c(N2CC3COCC3C2)c1. The Balaban J connectivity index is 1.15. The fraction of sp³-hybridized carbons (Fsp3) is 0.593. The molecule has 0 bridgehead atoms. The molecule has 5 heterocycles. The summed E-state index contributed by atoms with van der Waals surface area (Å²) < 4.78 is 6.86. The number of rotatable bonds is 4. The van der Waals surface area contributed by atoms with Crippen molar-refractivity contribution in [3.8, 4) is 0 Å². The number of carbonyl (C=O) groups excluding carboxylic acids is 1. The Hall–Kier alpha value is -2.91. The van der Waals surface area contributed by atoms with Crippen molar-refractivity contribution >= 4 is 17.7 Å². The number of benzene rings is 1. The monoisotopic (exact) mass is 493 g/mol. The van der Waals surface area contributed by atoms with E-state index in [0.717, 1.165) is 63.3 Å². The van der Waals surface area contributed by atoms with Gasteiger partial charge in [0.2, 0.25) is 0 Å². The Kier molecular flexibility index (Phi) is 6.00. The first kappa shape index (κ1) is 23.5. The van der Waals surface area contributed by atoms with Crippen LogP contribution in [0.5, 0.6) is 0 Å². The van der Waals surface area contributed by atoms with Gasteiger partial charge in [-0.15, -0.1) is 0 Å². The van der Waals surface area contributed by atoms with Gasteiger partial charge in [-0.3, -0.25) is 4.90 Å². The number of amides is 1. The molecule has 1 spiro atoms. The predicted octanol–water partition coefficient (Wildman–Crippen LogP) is 3.07. The van der Waals surface area contributed by atoms with Crippen LogP contribution in [0.3, 0.4) is 0 Å². The maximum Gasteiger partial charge on any atom is 0.356 e. The highest BCUT2D eigenvalue weighted by Gasteiger charge is 2.44. The van der Waals surface area contributed by atoms with Gasteiger partial charge < -0.3 is 19.6 Å². The summed E-state index contributed by atoms with van der Waals surface area (Å²) in [6.45, 7) is 9.47. The van der Waals surface area contributed by atoms with E-state index in [1.165, 1.54) is 35.5 Å². The molecule has 1 amide bonds. The van der Waals surface area contributed by atoms with Gasteiger partial charge in [0.1, 0.15) is 0 Å². The molecule has 0 saturated carbocycles. The van der Waals surface area contributed by atoms with Gasteiger partial charge in [0.25, 0.3) is 0 Å². The number of hydrogen-bond acceptors (Lipinski definition) is 6. The maximum absolute atomic E-state index is 12.9. The van der Waals surface area contributed by atoms with Crippen molar-refractivity contribution in [1.82, 2.24) is 19.6 Å². The van der Waals surface area contributed by atoms with E-state index in [-0.39, 0.29) is 17.3 Å². The highest BCUT2D eigenvalue weighted by Crippen LogP contribution is 2.41. The van der Waals surface area contributed by atoms with Crippen molar-refractivity contribution in [2.45, 2.75) is 44.7 Å². The number of aromatic nitrogens is 2. The number of hydrogen-bond donors (Lipinski definition) is 1. The van der Waals surface area contributed by atoms with Crippen LogP contribution in [-0.2, 0) is 11.3 Å². The lowest BCUT2D eigenvalue weighted by Crippen LogP contribution is -2.53. The van der Waals surface area contributed by atoms with Crippen LogP contribution in [0.25, 0.3) is 0 Å². The molecule has 192 valence electrons. The quantitative estimate of drug-likeness (QED) is 0.700. The van der Waals surface area contributed by atoms with Crippen LogP contribution >= 0.6 is 0 Å². The van der Waals surface area contributed by atoms with E-state index in [1.807, 2.05) is 4.90 Å². The van der Waals surface area contributed by atoms with Gasteiger partial charge in [0.15, 0.2) is 5.69 Å². The molecule has 36 heavy (non-hydrogen) atoms. The summed E-state index contributed by atoms with van der Waals surface area (Å²) in [6, 6.07) is 8.03. The third kappa shape index (κ3) is 4.18. The fourth-order valence-corrected chi connectivity index (χ4v) is 6.80. The summed E-state index contributed by atoms with van der Waals surface area (Å²) in [5.41, 5.74) is 4.09. The molecule has 2 atom stereocenters. The molecule has 1 N–H and O–H groups in total. The first-order chi connectivity index (χ1) is 17.4. The second kappa shape index (κ2) is 9.19. The number of aromatic carboxylic acids is 1. The summed E-state index contributed by atoms with van der Waals surface area (Å²) in [7, 11) is 0. The summed E-state index contributed by atoms with van der Waals surface area (Å²) in [4.78, 5) is 31.1. The molecule has 0 aliphatic carbocycles. The van der Waals surface area contributed by atoms with Crippen molar-refractivity contribution in [1.29, 1.82) is 0 Å². The molecule has 0 radical (unpaired) electrons. The lowest BCUT2D eigenvalue weighted by molar-refractivity contribution is 0.0585. The van der Waals surface area contributed by atoms with Crippen LogP contribution in [0.2, 0.25) is 0 Å². The Bertz CT molecular complexity index is 1140. The molecule has 9 nitrogen and oxygen atoms in total. The first-order valence-electron chi connectivity index (χ1n) is 13.2. The summed E-state index contributed by atoms with van der Waals surface area (Å²) >= 11 is 0. The number of carbonyl (C=O) groups is 2. The second-order valence-electron chi connectivity index (χ2n) is 11.1. The number of ether oxygens (including phenoxy) is 1. The lowest BCUT2D eigenvalue weighted by atomic mass is 9.84. The van der Waals surface area contributed by atoms with Crippen molar-refractivity contribution in [2.24, 2.45) is 11.8 Å². The smallest absolute Gasteiger partial charge is 0.356 e. The Morgan fingerprint density at radius 3 is 2.53 bits per heavy atom. The summed E-state index contributed by atoms with van der Waals surface area (Å²) in [6.07, 6.45) is 5.64. The van der Waals surface area contributed by atoms with E-state index >= 15 is 0 Å². The number of nitrogens with zero attached hydrogens (tertiary/aromatic N) is 5. The van der Waals surface area contributed by atoms with Gasteiger partial charge >= 0.3 is 12.0 Å². The number of aryl methyl sites for hydroxylation is 1. The summed E-state index contributed by atoms with van der Waals surface area (Å²) in [5.74, 6) is 0.182. The molecule has 4 saturated heterocycles. The minimum Gasteiger partial charge on any atom is -0.476 e. The first-order valence-corrected chi connectivity index (χ1v) is 13.2. The van der Waals surface area contributed by atoms with E-state index in [9.17, 15) is 9.59 Å². The van der Waals surface area contributed by atoms with Gasteiger partial charge in [0, 0.05) is 62.0 Å². The van der Waals surface area contributed by atoms with Gasteiger partial charge in [-0.1, -0.05) is 12.1 Å². The molecule has 4 aliphatic heterocycles. The van der Waals surface area contributed by atoms with Crippen LogP contribution < -0.4 is 4.90 Å². The zero-order valence-electron chi connectivity index (χ0n) is 20.9. The van der Waals surface area contributed by atoms with E-state index in [2.05, 4.69) is 40.0 Å². The third-order valence-corrected chi connectivity index (χ3v) is 8.89. The standard InChI is InChI=1S/C27H35N5O4/c1-19-3-4-20(24(13-19)30-14-21-17-36-18-22(21)15-30)16-31-9-2-6-27(31)7-11-29(12-8-27)26(35)32-10-5-23(28-32)25(33)34/h3-5,10,13,21-22H,2,6-9,11-12,14-18H2,1H3,(H,33,34). The number of anilines is 1. The number of likely N-dealkylation sites (tertiary alicyclic amines) is 2. The van der Waals surface area contributed by atoms with E-state index in [1.54, 1.807) is 0 Å². The highest BCUT2D eigenvalue weighted by molar-refractivity contribution is 5.86. The Morgan fingerprint density at radius 1 is 1.08 bits per heavy atom. The average molecular weight is 494 g/mol. The fourth-order valence-electron chi connectivity index (χ4n) is 6.80. The molecule has 1 aromatic heterocycles. The number of carboxylic acids is 1. The number of piperidine rings is 1. The minimum atomic E-state index is -1.12. The Morgan fingerprint density at radius 2 is 1.83 bits per heavy atom. The molecule has 2 aromatic rings. The van der Waals surface area contributed by atoms with Gasteiger partial charge in [0.05, 0.1) is 13.2 Å². The topological polar surface area (TPSA) is 91.1 Å². The highest BCUT2D eigenvalue weighted by atomic mass is 16.5. The zero-order valence-corrected chi connectivity index (χ0v) is 20.9. The predicted molar refractivity (Wildman–Crippen MR) is 134 cm³/mol. The van der Waals surface area contributed by atoms with Crippen LogP contribution in [0, 0.1) is 18.8 Å². The van der Waals surface area contributed by atoms with E-state index in [4.69, 9.17) is 9.84 Å². The van der Waals surface area contributed by atoms with Crippen molar-refractivity contribution in [2.75, 3.05) is 50.8 Å². The van der Waals surface area contributed by atoms with Gasteiger partial charge in [-0.2, -0.15) is 9.78 Å². The zero-order chi connectivity index (χ0) is 24.9. The normalized spacial score (nSPS) is 25.6. The van der Waals surface area contributed by atoms with E-state index < -0.39 is 5.97 Å². The van der Waals surface area contributed by atoms with Crippen LogP contribution in [0.4, 0.5) is 10.5 Å². The molecular formula is C27H35N5O4. The molecule has 1 aromatic carbocycles. The molecule has 2 unspecified atom stereocenters. The largest absolute Gasteiger partial charge is 0.476 e. The van der Waals surface area contributed by atoms with Gasteiger partial charge in [-0.25, -0.2) is 9.59 Å². The average Bonchev–Trinajstić information content (AvgIpc) is 3.65. The maximum atomic E-state index is 12.9. The number of fused-ring (bicyclic) bond motifs is 1. The molecular weight excluding hydrogens is 458 g/mol. The molecule has 4 fully saturated rings. The molecule has 4 aliphatic rings. The molecule has 9 heteroatoms. The van der Waals surface area contributed by atoms with Gasteiger partial charge in [-0.05, 0) is 62.4 Å². The van der Waals surface area contributed by atoms with Crippen molar-refractivity contribution < 1.29 is 19.4 Å². The summed E-state index contributed by atoms with van der Waals surface area (Å²) in [5, 5.41) is 13.0. The third-order valence-electron chi connectivity index (χ3n) is 8.89.